The van der Waals surface area contributed by atoms with E-state index in [1.165, 1.54) is 6.33 Å². The van der Waals surface area contributed by atoms with Crippen molar-refractivity contribution >= 4 is 28.2 Å². The van der Waals surface area contributed by atoms with E-state index in [1.54, 1.807) is 21.3 Å². The molecule has 4 aromatic rings. The Morgan fingerprint density at radius 2 is 1.88 bits per heavy atom. The molecule has 1 N–H and O–H groups in total. The summed E-state index contributed by atoms with van der Waals surface area (Å²) in [6.45, 7) is 0. The standard InChI is InChI=1S/C17H13ClN6O/c1-23-8-13(7-20-23)12-6-15-16(19-10-21-24(15)9-12)11-2-4-14(5-3-11)22-17(18)25/h2-10H,1H3,(H,22,25). The average molecular weight is 353 g/mol. The van der Waals surface area contributed by atoms with Crippen LogP contribution in [0.5, 0.6) is 0 Å². The zero-order valence-electron chi connectivity index (χ0n) is 13.2. The van der Waals surface area contributed by atoms with Crippen molar-refractivity contribution in [2.75, 3.05) is 5.32 Å². The third kappa shape index (κ3) is 2.97. The topological polar surface area (TPSA) is 77.1 Å². The van der Waals surface area contributed by atoms with Gasteiger partial charge >= 0.3 is 5.37 Å². The van der Waals surface area contributed by atoms with Crippen LogP contribution in [-0.4, -0.2) is 29.7 Å². The van der Waals surface area contributed by atoms with E-state index in [9.17, 15) is 4.79 Å². The van der Waals surface area contributed by atoms with Gasteiger partial charge in [0, 0.05) is 41.8 Å². The number of halogens is 1. The fourth-order valence-corrected chi connectivity index (χ4v) is 2.81. The minimum atomic E-state index is -0.620. The van der Waals surface area contributed by atoms with Crippen molar-refractivity contribution in [2.45, 2.75) is 0 Å². The van der Waals surface area contributed by atoms with Gasteiger partial charge in [0.2, 0.25) is 0 Å². The molecule has 1 aromatic carbocycles. The first-order chi connectivity index (χ1) is 12.1. The van der Waals surface area contributed by atoms with Crippen molar-refractivity contribution in [3.8, 4) is 22.4 Å². The van der Waals surface area contributed by atoms with Gasteiger partial charge in [-0.2, -0.15) is 10.2 Å². The highest BCUT2D eigenvalue weighted by atomic mass is 35.5. The van der Waals surface area contributed by atoms with Crippen LogP contribution < -0.4 is 5.32 Å². The van der Waals surface area contributed by atoms with Crippen LogP contribution in [-0.2, 0) is 7.05 Å². The molecule has 124 valence electrons. The van der Waals surface area contributed by atoms with Gasteiger partial charge in [0.15, 0.2) is 0 Å². The van der Waals surface area contributed by atoms with Crippen LogP contribution in [0.25, 0.3) is 27.9 Å². The lowest BCUT2D eigenvalue weighted by Gasteiger charge is -2.05. The first-order valence-electron chi connectivity index (χ1n) is 7.49. The fourth-order valence-electron chi connectivity index (χ4n) is 2.71. The Kier molecular flexibility index (Phi) is 3.70. The number of rotatable bonds is 3. The smallest absolute Gasteiger partial charge is 0.312 e. The molecule has 0 fully saturated rings. The normalized spacial score (nSPS) is 11.0. The molecule has 1 amide bonds. The highest BCUT2D eigenvalue weighted by Gasteiger charge is 2.11. The quantitative estimate of drug-likeness (QED) is 0.451. The van der Waals surface area contributed by atoms with E-state index in [2.05, 4.69) is 20.5 Å². The zero-order valence-corrected chi connectivity index (χ0v) is 14.0. The number of nitrogens with zero attached hydrogens (tertiary/aromatic N) is 5. The monoisotopic (exact) mass is 352 g/mol. The lowest BCUT2D eigenvalue weighted by molar-refractivity contribution is 0.269. The second kappa shape index (κ2) is 6.03. The highest BCUT2D eigenvalue weighted by molar-refractivity contribution is 6.65. The van der Waals surface area contributed by atoms with Crippen LogP contribution in [0.4, 0.5) is 10.5 Å². The summed E-state index contributed by atoms with van der Waals surface area (Å²) in [4.78, 5) is 15.3. The fraction of sp³-hybridized carbons (Fsp3) is 0.0588. The molecule has 0 bridgehead atoms. The number of anilines is 1. The molecular formula is C17H13ClN6O. The van der Waals surface area contributed by atoms with E-state index in [-0.39, 0.29) is 0 Å². The molecule has 3 aromatic heterocycles. The van der Waals surface area contributed by atoms with Gasteiger partial charge < -0.3 is 5.32 Å². The molecule has 0 atom stereocenters. The molecular weight excluding hydrogens is 340 g/mol. The summed E-state index contributed by atoms with van der Waals surface area (Å²) in [6, 6.07) is 9.33. The van der Waals surface area contributed by atoms with Crippen molar-refractivity contribution in [3.63, 3.8) is 0 Å². The van der Waals surface area contributed by atoms with E-state index in [4.69, 9.17) is 11.6 Å². The second-order valence-electron chi connectivity index (χ2n) is 5.55. The molecule has 0 radical (unpaired) electrons. The van der Waals surface area contributed by atoms with E-state index in [1.807, 2.05) is 43.8 Å². The molecule has 0 saturated carbocycles. The van der Waals surface area contributed by atoms with Crippen molar-refractivity contribution in [3.05, 3.63) is 55.2 Å². The average Bonchev–Trinajstić information content (AvgIpc) is 3.20. The largest absolute Gasteiger partial charge is 0.318 e. The number of aryl methyl sites for hydroxylation is 1. The maximum atomic E-state index is 10.9. The van der Waals surface area contributed by atoms with Crippen molar-refractivity contribution < 1.29 is 4.79 Å². The second-order valence-corrected chi connectivity index (χ2v) is 5.89. The lowest BCUT2D eigenvalue weighted by atomic mass is 10.1. The lowest BCUT2D eigenvalue weighted by Crippen LogP contribution is -2.00. The van der Waals surface area contributed by atoms with Crippen LogP contribution in [0, 0.1) is 0 Å². The van der Waals surface area contributed by atoms with Crippen molar-refractivity contribution in [2.24, 2.45) is 7.05 Å². The van der Waals surface area contributed by atoms with Crippen LogP contribution in [0.15, 0.2) is 55.2 Å². The Labute approximate surface area is 147 Å². The predicted molar refractivity (Wildman–Crippen MR) is 95.5 cm³/mol. The van der Waals surface area contributed by atoms with E-state index >= 15 is 0 Å². The Morgan fingerprint density at radius 1 is 1.08 bits per heavy atom. The Balaban J connectivity index is 1.77. The molecule has 0 aliphatic rings. The first-order valence-corrected chi connectivity index (χ1v) is 7.87. The highest BCUT2D eigenvalue weighted by Crippen LogP contribution is 2.28. The number of hydrogen-bond donors (Lipinski definition) is 1. The van der Waals surface area contributed by atoms with Crippen LogP contribution in [0.2, 0.25) is 0 Å². The van der Waals surface area contributed by atoms with Gasteiger partial charge in [-0.25, -0.2) is 9.50 Å². The van der Waals surface area contributed by atoms with E-state index in [0.717, 1.165) is 27.9 Å². The minimum Gasteiger partial charge on any atom is -0.312 e. The number of hydrogen-bond acceptors (Lipinski definition) is 4. The molecule has 3 heterocycles. The molecule has 0 aliphatic heterocycles. The number of amides is 1. The number of fused-ring (bicyclic) bond motifs is 1. The first kappa shape index (κ1) is 15.3. The van der Waals surface area contributed by atoms with Gasteiger partial charge in [0.25, 0.3) is 0 Å². The summed E-state index contributed by atoms with van der Waals surface area (Å²) in [5, 5.41) is 10.4. The van der Waals surface area contributed by atoms with E-state index in [0.29, 0.717) is 5.69 Å². The third-order valence-electron chi connectivity index (χ3n) is 3.85. The number of nitrogens with one attached hydrogen (secondary N) is 1. The van der Waals surface area contributed by atoms with Crippen LogP contribution in [0.3, 0.4) is 0 Å². The van der Waals surface area contributed by atoms with Gasteiger partial charge in [-0.3, -0.25) is 9.48 Å². The van der Waals surface area contributed by atoms with Crippen molar-refractivity contribution in [1.29, 1.82) is 0 Å². The Hall–Kier alpha value is -3.19. The summed E-state index contributed by atoms with van der Waals surface area (Å²) in [6.07, 6.45) is 7.22. The minimum absolute atomic E-state index is 0.620. The molecule has 0 aliphatic carbocycles. The molecule has 25 heavy (non-hydrogen) atoms. The summed E-state index contributed by atoms with van der Waals surface area (Å²) < 4.78 is 3.55. The SMILES string of the molecule is Cn1cc(-c2cc3c(-c4ccc(NC(=O)Cl)cc4)ncnn3c2)cn1. The number of benzene rings is 1. The molecule has 0 spiro atoms. The maximum absolute atomic E-state index is 10.9. The third-order valence-corrected chi connectivity index (χ3v) is 3.94. The molecule has 0 saturated heterocycles. The van der Waals surface area contributed by atoms with Crippen molar-refractivity contribution in [1.82, 2.24) is 24.4 Å². The molecule has 7 nitrogen and oxygen atoms in total. The molecule has 4 rings (SSSR count). The van der Waals surface area contributed by atoms with Crippen LogP contribution >= 0.6 is 11.6 Å². The van der Waals surface area contributed by atoms with Gasteiger partial charge in [-0.15, -0.1) is 0 Å². The van der Waals surface area contributed by atoms with Gasteiger partial charge in [0.1, 0.15) is 6.33 Å². The number of aromatic nitrogens is 5. The Morgan fingerprint density at radius 3 is 2.56 bits per heavy atom. The van der Waals surface area contributed by atoms with Gasteiger partial charge in [-0.1, -0.05) is 12.1 Å². The van der Waals surface area contributed by atoms with Crippen LogP contribution in [0.1, 0.15) is 0 Å². The zero-order chi connectivity index (χ0) is 17.4. The van der Waals surface area contributed by atoms with Gasteiger partial charge in [-0.05, 0) is 29.8 Å². The molecule has 8 heteroatoms. The molecule has 0 unspecified atom stereocenters. The van der Waals surface area contributed by atoms with Gasteiger partial charge in [0.05, 0.1) is 17.4 Å². The summed E-state index contributed by atoms with van der Waals surface area (Å²) >= 11 is 5.33. The Bertz CT molecular complexity index is 1070. The number of carbonyl (C=O) groups excluding carboxylic acids is 1. The summed E-state index contributed by atoms with van der Waals surface area (Å²) in [5.41, 5.74) is 5.25. The summed E-state index contributed by atoms with van der Waals surface area (Å²) in [7, 11) is 1.88. The predicted octanol–water partition coefficient (Wildman–Crippen LogP) is 3.57. The number of carbonyl (C=O) groups is 1. The summed E-state index contributed by atoms with van der Waals surface area (Å²) in [5.74, 6) is 0. The van der Waals surface area contributed by atoms with E-state index < -0.39 is 5.37 Å². The maximum Gasteiger partial charge on any atom is 0.318 e.